The van der Waals surface area contributed by atoms with Crippen LogP contribution < -0.4 is 5.73 Å². The third kappa shape index (κ3) is 4.83. The first-order valence-electron chi connectivity index (χ1n) is 10.9. The van der Waals surface area contributed by atoms with E-state index in [1.807, 2.05) is 0 Å². The fraction of sp³-hybridized carbons (Fsp3) is 0.364. The number of carbonyl (C=O) groups is 3. The Kier molecular flexibility index (Phi) is 7.20. The van der Waals surface area contributed by atoms with Crippen molar-refractivity contribution < 1.29 is 48.7 Å². The zero-order chi connectivity index (χ0) is 27.8. The van der Waals surface area contributed by atoms with Crippen LogP contribution in [0.1, 0.15) is 11.1 Å². The monoisotopic (exact) mass is 553 g/mol. The van der Waals surface area contributed by atoms with Crippen LogP contribution in [0.3, 0.4) is 0 Å². The minimum absolute atomic E-state index is 0.0171. The molecule has 6 N–H and O–H groups in total. The number of carboxylic acid groups (broad SMARTS) is 3. The van der Waals surface area contributed by atoms with Crippen molar-refractivity contribution in [2.24, 2.45) is 0 Å². The Hall–Kier alpha value is -3.92. The first kappa shape index (κ1) is 27.1. The van der Waals surface area contributed by atoms with Gasteiger partial charge in [0.1, 0.15) is 24.3 Å². The van der Waals surface area contributed by atoms with Gasteiger partial charge in [0, 0.05) is 6.42 Å². The van der Waals surface area contributed by atoms with Gasteiger partial charge in [-0.15, -0.1) is 0 Å². The lowest BCUT2D eigenvalue weighted by Gasteiger charge is -2.29. The normalized spacial score (nSPS) is 21.6. The van der Waals surface area contributed by atoms with Gasteiger partial charge in [0.15, 0.2) is 11.5 Å². The fourth-order valence-corrected chi connectivity index (χ4v) is 4.25. The summed E-state index contributed by atoms with van der Waals surface area (Å²) in [5, 5.41) is 38.9. The minimum Gasteiger partial charge on any atom is -0.481 e. The van der Waals surface area contributed by atoms with Crippen molar-refractivity contribution in [2.75, 3.05) is 18.9 Å². The number of nitrogens with zero attached hydrogens (tertiary/aromatic N) is 4. The highest BCUT2D eigenvalue weighted by Gasteiger charge is 2.55. The van der Waals surface area contributed by atoms with E-state index in [1.165, 1.54) is 24.3 Å². The summed E-state index contributed by atoms with van der Waals surface area (Å²) in [5.41, 5.74) is 3.43. The summed E-state index contributed by atoms with van der Waals surface area (Å²) in [5.74, 6) is -7.56. The number of carboxylic acids is 3. The molecule has 3 atom stereocenters. The predicted octanol–water partition coefficient (Wildman–Crippen LogP) is 0.238. The van der Waals surface area contributed by atoms with Crippen LogP contribution in [0.4, 0.5) is 10.2 Å². The summed E-state index contributed by atoms with van der Waals surface area (Å²) < 4.78 is 27.5. The Labute approximate surface area is 217 Å². The van der Waals surface area contributed by atoms with Gasteiger partial charge in [-0.05, 0) is 22.7 Å². The maximum Gasteiger partial charge on any atom is 0.348 e. The zero-order valence-electron chi connectivity index (χ0n) is 19.3. The lowest BCUT2D eigenvalue weighted by molar-refractivity contribution is -0.188. The molecule has 1 saturated heterocycles. The van der Waals surface area contributed by atoms with E-state index in [9.17, 15) is 29.7 Å². The Morgan fingerprint density at radius 3 is 2.42 bits per heavy atom. The van der Waals surface area contributed by atoms with Crippen LogP contribution >= 0.6 is 11.6 Å². The fourth-order valence-electron chi connectivity index (χ4n) is 4.08. The number of aliphatic carboxylic acids is 3. The first-order chi connectivity index (χ1) is 17.9. The molecule has 4 rings (SSSR count). The number of benzene rings is 1. The zero-order valence-corrected chi connectivity index (χ0v) is 20.1. The molecule has 0 spiro atoms. The molecule has 16 heteroatoms. The molecule has 0 saturated carbocycles. The Morgan fingerprint density at radius 1 is 1.18 bits per heavy atom. The van der Waals surface area contributed by atoms with Crippen LogP contribution in [0.25, 0.3) is 11.2 Å². The Bertz CT molecular complexity index is 1390. The summed E-state index contributed by atoms with van der Waals surface area (Å²) in [6.07, 6.45) is -3.38. The van der Waals surface area contributed by atoms with E-state index >= 15 is 4.39 Å². The second kappa shape index (κ2) is 10.1. The number of alkyl halides is 1. The number of nitrogen functional groups attached to an aromatic ring is 1. The number of aliphatic hydroxyl groups excluding tert-OH is 1. The van der Waals surface area contributed by atoms with Gasteiger partial charge in [0.25, 0.3) is 5.60 Å². The van der Waals surface area contributed by atoms with E-state index in [0.717, 1.165) is 10.9 Å². The van der Waals surface area contributed by atoms with Gasteiger partial charge in [-0.2, -0.15) is 9.97 Å². The van der Waals surface area contributed by atoms with Crippen molar-refractivity contribution in [3.05, 3.63) is 47.0 Å². The second-order valence-electron chi connectivity index (χ2n) is 8.59. The smallest absolute Gasteiger partial charge is 0.348 e. The van der Waals surface area contributed by atoms with Gasteiger partial charge < -0.3 is 35.6 Å². The second-order valence-corrected chi connectivity index (χ2v) is 8.93. The number of anilines is 1. The first-order valence-corrected chi connectivity index (χ1v) is 11.3. The van der Waals surface area contributed by atoms with E-state index < -0.39 is 61.1 Å². The number of halogens is 2. The molecule has 0 amide bonds. The van der Waals surface area contributed by atoms with Gasteiger partial charge in [0.05, 0.1) is 19.4 Å². The number of imidazole rings is 1. The molecule has 14 nitrogen and oxygen atoms in total. The third-order valence-corrected chi connectivity index (χ3v) is 6.29. The van der Waals surface area contributed by atoms with Crippen LogP contribution in [0.2, 0.25) is 5.28 Å². The summed E-state index contributed by atoms with van der Waals surface area (Å²) in [6.45, 7) is -1.56. The topological polar surface area (TPSA) is 220 Å². The van der Waals surface area contributed by atoms with Crippen molar-refractivity contribution in [2.45, 2.75) is 36.4 Å². The highest BCUT2D eigenvalue weighted by Crippen LogP contribution is 2.37. The molecule has 3 heterocycles. The highest BCUT2D eigenvalue weighted by atomic mass is 35.5. The number of aliphatic hydroxyl groups is 1. The number of ether oxygens (including phenoxy) is 2. The lowest BCUT2D eigenvalue weighted by Crippen LogP contribution is -2.53. The van der Waals surface area contributed by atoms with Crippen molar-refractivity contribution in [3.8, 4) is 0 Å². The molecule has 2 aromatic heterocycles. The molecule has 0 bridgehead atoms. The molecule has 38 heavy (non-hydrogen) atoms. The average molecular weight is 554 g/mol. The molecule has 1 aliphatic heterocycles. The summed E-state index contributed by atoms with van der Waals surface area (Å²) in [7, 11) is 0. The van der Waals surface area contributed by atoms with Crippen molar-refractivity contribution in [1.82, 2.24) is 19.5 Å². The van der Waals surface area contributed by atoms with Crippen LogP contribution in [0.15, 0.2) is 30.6 Å². The Balaban J connectivity index is 1.55. The van der Waals surface area contributed by atoms with E-state index in [2.05, 4.69) is 15.0 Å². The van der Waals surface area contributed by atoms with Crippen molar-refractivity contribution in [1.29, 1.82) is 0 Å². The number of hydrogen-bond acceptors (Lipinski definition) is 10. The molecular formula is C22H21ClFN5O9. The van der Waals surface area contributed by atoms with Crippen LogP contribution in [0.5, 0.6) is 0 Å². The standard InChI is InChI=1S/C22H21ClFN5O9/c23-20-27-16(25)14-17(28-20)29(9-26-14)22(24)8-37-12(15(22)32)7-38-21(18(33)34,19(35)36)6-11-3-1-10(2-4-11)5-13(30)31/h1-4,9,12,15,32H,5-8H2,(H,30,31)(H,33,34)(H,35,36)(H2,25,27,28)/t12-,15-,22+/m1/s1. The molecule has 3 aromatic rings. The van der Waals surface area contributed by atoms with Crippen molar-refractivity contribution in [3.63, 3.8) is 0 Å². The van der Waals surface area contributed by atoms with Crippen LogP contribution in [0, 0.1) is 0 Å². The summed E-state index contributed by atoms with van der Waals surface area (Å²) in [4.78, 5) is 46.6. The van der Waals surface area contributed by atoms with Gasteiger partial charge in [-0.3, -0.25) is 9.36 Å². The number of nitrogens with two attached hydrogens (primary N) is 1. The Morgan fingerprint density at radius 2 is 1.82 bits per heavy atom. The number of rotatable bonds is 10. The molecule has 1 aliphatic rings. The number of hydrogen-bond donors (Lipinski definition) is 5. The van der Waals surface area contributed by atoms with Gasteiger partial charge >= 0.3 is 17.9 Å². The SMILES string of the molecule is Nc1nc(Cl)nc2c1ncn2[C@@]1(F)CO[C@H](COC(Cc2ccc(CC(=O)O)cc2)(C(=O)O)C(=O)O)[C@H]1O. The molecule has 1 aromatic carbocycles. The van der Waals surface area contributed by atoms with Gasteiger partial charge in [-0.25, -0.2) is 19.0 Å². The van der Waals surface area contributed by atoms with E-state index in [1.54, 1.807) is 0 Å². The molecule has 1 fully saturated rings. The number of aromatic nitrogens is 4. The summed E-state index contributed by atoms with van der Waals surface area (Å²) in [6, 6.07) is 5.58. The molecule has 202 valence electrons. The van der Waals surface area contributed by atoms with Gasteiger partial charge in [0.2, 0.25) is 11.1 Å². The maximum atomic E-state index is 16.0. The number of fused-ring (bicyclic) bond motifs is 1. The van der Waals surface area contributed by atoms with Gasteiger partial charge in [-0.1, -0.05) is 24.3 Å². The minimum atomic E-state index is -2.82. The van der Waals surface area contributed by atoms with Crippen molar-refractivity contribution >= 4 is 46.5 Å². The molecule has 0 unspecified atom stereocenters. The maximum absolute atomic E-state index is 16.0. The van der Waals surface area contributed by atoms with E-state index in [4.69, 9.17) is 31.9 Å². The van der Waals surface area contributed by atoms with E-state index in [0.29, 0.717) is 5.56 Å². The average Bonchev–Trinajstić information content (AvgIpc) is 3.39. The van der Waals surface area contributed by atoms with Crippen LogP contribution in [-0.2, 0) is 42.5 Å². The summed E-state index contributed by atoms with van der Waals surface area (Å²) >= 11 is 5.81. The third-order valence-electron chi connectivity index (χ3n) is 6.12. The van der Waals surface area contributed by atoms with Crippen LogP contribution in [-0.4, -0.2) is 88.9 Å². The predicted molar refractivity (Wildman–Crippen MR) is 125 cm³/mol. The highest BCUT2D eigenvalue weighted by molar-refractivity contribution is 6.28. The molecular weight excluding hydrogens is 533 g/mol. The molecule has 0 radical (unpaired) electrons. The van der Waals surface area contributed by atoms with E-state index in [-0.39, 0.29) is 34.2 Å². The largest absolute Gasteiger partial charge is 0.481 e. The lowest BCUT2D eigenvalue weighted by atomic mass is 9.93. The molecule has 0 aliphatic carbocycles. The quantitative estimate of drug-likeness (QED) is 0.168.